The van der Waals surface area contributed by atoms with Gasteiger partial charge in [-0.3, -0.25) is 9.59 Å². The summed E-state index contributed by atoms with van der Waals surface area (Å²) in [4.78, 5) is 26.0. The highest BCUT2D eigenvalue weighted by Gasteiger charge is 2.27. The van der Waals surface area contributed by atoms with Gasteiger partial charge in [0.05, 0.1) is 6.54 Å². The van der Waals surface area contributed by atoms with E-state index in [9.17, 15) is 9.59 Å². The van der Waals surface area contributed by atoms with E-state index in [0.29, 0.717) is 6.04 Å². The van der Waals surface area contributed by atoms with Crippen LogP contribution in [0.2, 0.25) is 0 Å². The summed E-state index contributed by atoms with van der Waals surface area (Å²) in [5.41, 5.74) is 0. The fraction of sp³-hybridized carbons (Fsp3) is 0.882. The Morgan fingerprint density at radius 2 is 1.67 bits per heavy atom. The number of hydrogen-bond acceptors (Lipinski definition) is 2. The Morgan fingerprint density at radius 3 is 2.24 bits per heavy atom. The molecule has 2 saturated carbocycles. The first-order valence-electron chi connectivity index (χ1n) is 8.65. The third-order valence-corrected chi connectivity index (χ3v) is 5.47. The lowest BCUT2D eigenvalue weighted by molar-refractivity contribution is -0.135. The average molecular weight is 294 g/mol. The number of likely N-dealkylation sites (N-methyl/N-ethyl adjacent to an activating group) is 1. The van der Waals surface area contributed by atoms with Gasteiger partial charge in [-0.25, -0.2) is 0 Å². The molecule has 0 aliphatic heterocycles. The molecule has 0 saturated heterocycles. The molecule has 21 heavy (non-hydrogen) atoms. The van der Waals surface area contributed by atoms with E-state index in [1.807, 2.05) is 11.9 Å². The zero-order valence-corrected chi connectivity index (χ0v) is 13.6. The molecule has 0 bridgehead atoms. The summed E-state index contributed by atoms with van der Waals surface area (Å²) < 4.78 is 0. The van der Waals surface area contributed by atoms with Crippen molar-refractivity contribution in [2.24, 2.45) is 11.8 Å². The average Bonchev–Trinajstić information content (AvgIpc) is 3.06. The van der Waals surface area contributed by atoms with Gasteiger partial charge < -0.3 is 10.2 Å². The lowest BCUT2D eigenvalue weighted by Crippen LogP contribution is -2.45. The fourth-order valence-corrected chi connectivity index (χ4v) is 3.76. The van der Waals surface area contributed by atoms with Gasteiger partial charge in [0.2, 0.25) is 11.8 Å². The monoisotopic (exact) mass is 294 g/mol. The van der Waals surface area contributed by atoms with Crippen LogP contribution in [0.3, 0.4) is 0 Å². The summed E-state index contributed by atoms with van der Waals surface area (Å²) in [6.07, 6.45) is 10.2. The Labute approximate surface area is 128 Å². The van der Waals surface area contributed by atoms with E-state index in [2.05, 4.69) is 12.2 Å². The Morgan fingerprint density at radius 1 is 1.05 bits per heavy atom. The molecule has 0 spiro atoms. The third-order valence-electron chi connectivity index (χ3n) is 5.47. The molecule has 0 aromatic heterocycles. The summed E-state index contributed by atoms with van der Waals surface area (Å²) in [7, 11) is 1.89. The molecule has 0 radical (unpaired) electrons. The highest BCUT2D eigenvalue weighted by molar-refractivity contribution is 5.86. The van der Waals surface area contributed by atoms with Crippen LogP contribution in [-0.2, 0) is 9.59 Å². The van der Waals surface area contributed by atoms with Gasteiger partial charge in [0.1, 0.15) is 0 Å². The van der Waals surface area contributed by atoms with Gasteiger partial charge in [0.15, 0.2) is 0 Å². The van der Waals surface area contributed by atoms with Crippen LogP contribution in [0, 0.1) is 11.8 Å². The van der Waals surface area contributed by atoms with Gasteiger partial charge in [-0.2, -0.15) is 0 Å². The second-order valence-corrected chi connectivity index (χ2v) is 6.79. The fourth-order valence-electron chi connectivity index (χ4n) is 3.76. The van der Waals surface area contributed by atoms with E-state index in [0.717, 1.165) is 44.4 Å². The van der Waals surface area contributed by atoms with Gasteiger partial charge in [-0.15, -0.1) is 0 Å². The maximum absolute atomic E-state index is 12.2. The molecular formula is C17H30N2O2. The number of carbonyl (C=O) groups excluding carboxylic acids is 2. The standard InChI is InChI=1S/C17H30N2O2/c1-3-13-8-10-15(11-9-13)19(2)16(20)12-18-17(21)14-6-4-5-7-14/h13-15H,3-12H2,1-2H3,(H,18,21). The van der Waals surface area contributed by atoms with Gasteiger partial charge in [0, 0.05) is 19.0 Å². The van der Waals surface area contributed by atoms with Gasteiger partial charge in [-0.05, 0) is 44.4 Å². The third kappa shape index (κ3) is 4.45. The maximum atomic E-state index is 12.2. The molecular weight excluding hydrogens is 264 g/mol. The molecule has 2 amide bonds. The van der Waals surface area contributed by atoms with Crippen molar-refractivity contribution >= 4 is 11.8 Å². The summed E-state index contributed by atoms with van der Waals surface area (Å²) in [6.45, 7) is 2.41. The number of amides is 2. The van der Waals surface area contributed by atoms with Crippen molar-refractivity contribution in [3.05, 3.63) is 0 Å². The van der Waals surface area contributed by atoms with Gasteiger partial charge in [-0.1, -0.05) is 26.2 Å². The molecule has 2 aliphatic carbocycles. The maximum Gasteiger partial charge on any atom is 0.241 e. The van der Waals surface area contributed by atoms with E-state index in [-0.39, 0.29) is 24.3 Å². The molecule has 0 atom stereocenters. The second-order valence-electron chi connectivity index (χ2n) is 6.79. The number of nitrogens with one attached hydrogen (secondary N) is 1. The van der Waals surface area contributed by atoms with Crippen LogP contribution in [-0.4, -0.2) is 36.3 Å². The van der Waals surface area contributed by atoms with Crippen molar-refractivity contribution in [3.63, 3.8) is 0 Å². The molecule has 0 heterocycles. The molecule has 2 fully saturated rings. The number of rotatable bonds is 5. The van der Waals surface area contributed by atoms with E-state index in [1.165, 1.54) is 19.3 Å². The first-order chi connectivity index (χ1) is 10.1. The van der Waals surface area contributed by atoms with Crippen molar-refractivity contribution in [1.29, 1.82) is 0 Å². The largest absolute Gasteiger partial charge is 0.347 e. The number of carbonyl (C=O) groups is 2. The molecule has 1 N–H and O–H groups in total. The zero-order chi connectivity index (χ0) is 15.2. The van der Waals surface area contributed by atoms with Crippen LogP contribution in [0.15, 0.2) is 0 Å². The van der Waals surface area contributed by atoms with Crippen LogP contribution in [0.1, 0.15) is 64.7 Å². The van der Waals surface area contributed by atoms with Crippen LogP contribution in [0.25, 0.3) is 0 Å². The van der Waals surface area contributed by atoms with Crippen LogP contribution in [0.5, 0.6) is 0 Å². The summed E-state index contributed by atoms with van der Waals surface area (Å²) >= 11 is 0. The predicted molar refractivity (Wildman–Crippen MR) is 83.8 cm³/mol. The van der Waals surface area contributed by atoms with E-state index in [4.69, 9.17) is 0 Å². The Kier molecular flexibility index (Phi) is 6.07. The van der Waals surface area contributed by atoms with E-state index < -0.39 is 0 Å². The SMILES string of the molecule is CCC1CCC(N(C)C(=O)CNC(=O)C2CCCC2)CC1. The van der Waals surface area contributed by atoms with Gasteiger partial charge in [0.25, 0.3) is 0 Å². The van der Waals surface area contributed by atoms with Crippen LogP contribution < -0.4 is 5.32 Å². The van der Waals surface area contributed by atoms with Crippen molar-refractivity contribution in [1.82, 2.24) is 10.2 Å². The number of hydrogen-bond donors (Lipinski definition) is 1. The lowest BCUT2D eigenvalue weighted by Gasteiger charge is -2.34. The quantitative estimate of drug-likeness (QED) is 0.847. The first kappa shape index (κ1) is 16.3. The Balaban J connectivity index is 1.71. The molecule has 120 valence electrons. The smallest absolute Gasteiger partial charge is 0.241 e. The molecule has 0 unspecified atom stereocenters. The minimum absolute atomic E-state index is 0.0568. The normalized spacial score (nSPS) is 26.6. The van der Waals surface area contributed by atoms with Crippen LogP contribution >= 0.6 is 0 Å². The molecule has 2 rings (SSSR count). The minimum Gasteiger partial charge on any atom is -0.347 e. The Bertz CT molecular complexity index is 356. The van der Waals surface area contributed by atoms with Gasteiger partial charge >= 0.3 is 0 Å². The molecule has 0 aromatic carbocycles. The first-order valence-corrected chi connectivity index (χ1v) is 8.65. The molecule has 0 aromatic rings. The molecule has 2 aliphatic rings. The number of nitrogens with zero attached hydrogens (tertiary/aromatic N) is 1. The molecule has 4 nitrogen and oxygen atoms in total. The highest BCUT2D eigenvalue weighted by Crippen LogP contribution is 2.29. The van der Waals surface area contributed by atoms with Crippen LogP contribution in [0.4, 0.5) is 0 Å². The van der Waals surface area contributed by atoms with E-state index >= 15 is 0 Å². The van der Waals surface area contributed by atoms with Crippen molar-refractivity contribution in [2.45, 2.75) is 70.8 Å². The summed E-state index contributed by atoms with van der Waals surface area (Å²) in [5.74, 6) is 1.11. The second kappa shape index (κ2) is 7.81. The zero-order valence-electron chi connectivity index (χ0n) is 13.6. The van der Waals surface area contributed by atoms with Crippen molar-refractivity contribution in [2.75, 3.05) is 13.6 Å². The van der Waals surface area contributed by atoms with Crippen molar-refractivity contribution in [3.8, 4) is 0 Å². The lowest BCUT2D eigenvalue weighted by atomic mass is 9.84. The summed E-state index contributed by atoms with van der Waals surface area (Å²) in [6, 6.07) is 0.365. The summed E-state index contributed by atoms with van der Waals surface area (Å²) in [5, 5.41) is 2.83. The van der Waals surface area contributed by atoms with E-state index in [1.54, 1.807) is 0 Å². The Hall–Kier alpha value is -1.06. The highest BCUT2D eigenvalue weighted by atomic mass is 16.2. The minimum atomic E-state index is 0.0568. The van der Waals surface area contributed by atoms with Crippen molar-refractivity contribution < 1.29 is 9.59 Å². The molecule has 4 heteroatoms. The topological polar surface area (TPSA) is 49.4 Å². The predicted octanol–water partition coefficient (Wildman–Crippen LogP) is 2.72.